The largest absolute Gasteiger partial charge is 0.207 e. The molecule has 0 aliphatic rings. The van der Waals surface area contributed by atoms with Crippen LogP contribution < -0.4 is 0 Å². The Morgan fingerprint density at radius 3 is 2.11 bits per heavy atom. The number of halogens is 6. The first-order chi connectivity index (χ1) is 8.90. The van der Waals surface area contributed by atoms with E-state index in [-0.39, 0.29) is 15.6 Å². The summed E-state index contributed by atoms with van der Waals surface area (Å²) in [5, 5.41) is -1.25. The highest BCUT2D eigenvalue weighted by Crippen LogP contribution is 2.34. The molecule has 0 radical (unpaired) electrons. The molecule has 0 N–H and O–H groups in total. The van der Waals surface area contributed by atoms with Crippen LogP contribution in [0.4, 0.5) is 17.6 Å². The predicted octanol–water partition coefficient (Wildman–Crippen LogP) is 5.33. The highest BCUT2D eigenvalue weighted by Gasteiger charge is 2.21. The molecule has 0 spiro atoms. The van der Waals surface area contributed by atoms with Gasteiger partial charge in [-0.1, -0.05) is 6.07 Å². The Hall–Kier alpha value is -1.07. The van der Waals surface area contributed by atoms with Crippen molar-refractivity contribution >= 4 is 27.5 Å². The fraction of sp³-hybridized carbons (Fsp3) is 0.0769. The van der Waals surface area contributed by atoms with Gasteiger partial charge in [0.1, 0.15) is 23.3 Å². The SMILES string of the molecule is Fc1ccc(C(Cl)c2cc(F)c(Br)cc2F)c(F)c1. The molecule has 6 heteroatoms. The van der Waals surface area contributed by atoms with Gasteiger partial charge >= 0.3 is 0 Å². The van der Waals surface area contributed by atoms with Gasteiger partial charge in [-0.15, -0.1) is 11.6 Å². The van der Waals surface area contributed by atoms with Gasteiger partial charge in [0, 0.05) is 17.2 Å². The predicted molar refractivity (Wildman–Crippen MR) is 68.1 cm³/mol. The summed E-state index contributed by atoms with van der Waals surface area (Å²) in [6, 6.07) is 4.52. The fourth-order valence-corrected chi connectivity index (χ4v) is 2.27. The molecular formula is C13H6BrClF4. The van der Waals surface area contributed by atoms with Gasteiger partial charge in [0.2, 0.25) is 0 Å². The summed E-state index contributed by atoms with van der Waals surface area (Å²) in [6.45, 7) is 0. The molecule has 0 bridgehead atoms. The van der Waals surface area contributed by atoms with Gasteiger partial charge in [-0.3, -0.25) is 0 Å². The van der Waals surface area contributed by atoms with E-state index in [0.29, 0.717) is 6.07 Å². The first kappa shape index (κ1) is 14.3. The van der Waals surface area contributed by atoms with Gasteiger partial charge in [0.05, 0.1) is 9.85 Å². The van der Waals surface area contributed by atoms with E-state index in [4.69, 9.17) is 11.6 Å². The first-order valence-corrected chi connectivity index (χ1v) is 6.36. The Morgan fingerprint density at radius 2 is 1.47 bits per heavy atom. The maximum absolute atomic E-state index is 13.7. The Kier molecular flexibility index (Phi) is 4.16. The number of rotatable bonds is 2. The highest BCUT2D eigenvalue weighted by molar-refractivity contribution is 9.10. The molecule has 2 aromatic carbocycles. The third-order valence-corrected chi connectivity index (χ3v) is 3.63. The van der Waals surface area contributed by atoms with E-state index in [1.54, 1.807) is 0 Å². The van der Waals surface area contributed by atoms with E-state index in [2.05, 4.69) is 15.9 Å². The molecule has 0 aromatic heterocycles. The quantitative estimate of drug-likeness (QED) is 0.389. The van der Waals surface area contributed by atoms with E-state index < -0.39 is 28.6 Å². The minimum atomic E-state index is -1.25. The van der Waals surface area contributed by atoms with Crippen molar-refractivity contribution in [3.05, 3.63) is 69.2 Å². The van der Waals surface area contributed by atoms with Gasteiger partial charge < -0.3 is 0 Å². The molecule has 1 unspecified atom stereocenters. The zero-order valence-corrected chi connectivity index (χ0v) is 11.6. The average Bonchev–Trinajstić information content (AvgIpc) is 2.33. The summed E-state index contributed by atoms with van der Waals surface area (Å²) in [5.41, 5.74) is -0.337. The van der Waals surface area contributed by atoms with Crippen molar-refractivity contribution in [1.82, 2.24) is 0 Å². The summed E-state index contributed by atoms with van der Waals surface area (Å²) in [5.74, 6) is -3.18. The summed E-state index contributed by atoms with van der Waals surface area (Å²) in [6.07, 6.45) is 0. The van der Waals surface area contributed by atoms with Gasteiger partial charge in [-0.05, 0) is 34.1 Å². The molecule has 2 rings (SSSR count). The van der Waals surface area contributed by atoms with Crippen molar-refractivity contribution in [2.75, 3.05) is 0 Å². The second-order valence-corrected chi connectivity index (χ2v) is 5.11. The van der Waals surface area contributed by atoms with Gasteiger partial charge in [0.15, 0.2) is 0 Å². The molecule has 0 fully saturated rings. The lowest BCUT2D eigenvalue weighted by molar-refractivity contribution is 0.564. The second kappa shape index (κ2) is 5.51. The van der Waals surface area contributed by atoms with Crippen LogP contribution in [0.2, 0.25) is 0 Å². The number of benzene rings is 2. The molecule has 100 valence electrons. The monoisotopic (exact) mass is 352 g/mol. The highest BCUT2D eigenvalue weighted by atomic mass is 79.9. The maximum Gasteiger partial charge on any atom is 0.137 e. The summed E-state index contributed by atoms with van der Waals surface area (Å²) in [7, 11) is 0. The minimum Gasteiger partial charge on any atom is -0.207 e. The van der Waals surface area contributed by atoms with Crippen LogP contribution in [-0.4, -0.2) is 0 Å². The Morgan fingerprint density at radius 1 is 0.842 bits per heavy atom. The van der Waals surface area contributed by atoms with Crippen LogP contribution in [0.5, 0.6) is 0 Å². The lowest BCUT2D eigenvalue weighted by Crippen LogP contribution is -2.01. The Balaban J connectivity index is 2.49. The molecular weight excluding hydrogens is 347 g/mol. The van der Waals surface area contributed by atoms with Crippen LogP contribution >= 0.6 is 27.5 Å². The molecule has 0 amide bonds. The van der Waals surface area contributed by atoms with Crippen LogP contribution in [0.1, 0.15) is 16.5 Å². The molecule has 1 atom stereocenters. The fourth-order valence-electron chi connectivity index (χ4n) is 1.61. The third-order valence-electron chi connectivity index (χ3n) is 2.55. The van der Waals surface area contributed by atoms with E-state index in [9.17, 15) is 17.6 Å². The molecule has 19 heavy (non-hydrogen) atoms. The van der Waals surface area contributed by atoms with E-state index >= 15 is 0 Å². The topological polar surface area (TPSA) is 0 Å². The zero-order chi connectivity index (χ0) is 14.2. The van der Waals surface area contributed by atoms with Crippen LogP contribution in [0, 0.1) is 23.3 Å². The summed E-state index contributed by atoms with van der Waals surface area (Å²) >= 11 is 8.76. The van der Waals surface area contributed by atoms with Crippen LogP contribution in [0.25, 0.3) is 0 Å². The molecule has 0 saturated heterocycles. The molecule has 0 aliphatic carbocycles. The minimum absolute atomic E-state index is 0.0582. The lowest BCUT2D eigenvalue weighted by Gasteiger charge is -2.13. The molecule has 2 aromatic rings. The van der Waals surface area contributed by atoms with Gasteiger partial charge in [0.25, 0.3) is 0 Å². The smallest absolute Gasteiger partial charge is 0.137 e. The van der Waals surface area contributed by atoms with E-state index in [0.717, 1.165) is 24.3 Å². The van der Waals surface area contributed by atoms with Crippen molar-refractivity contribution < 1.29 is 17.6 Å². The normalized spacial score (nSPS) is 12.5. The van der Waals surface area contributed by atoms with Crippen molar-refractivity contribution in [3.63, 3.8) is 0 Å². The standard InChI is InChI=1S/C13H6BrClF4/c14-9-5-11(18)8(4-12(9)19)13(15)7-2-1-6(16)3-10(7)17/h1-5,13H. The van der Waals surface area contributed by atoms with Crippen molar-refractivity contribution in [2.24, 2.45) is 0 Å². The summed E-state index contributed by atoms with van der Waals surface area (Å²) in [4.78, 5) is 0. The molecule has 0 nitrogen and oxygen atoms in total. The zero-order valence-electron chi connectivity index (χ0n) is 9.23. The lowest BCUT2D eigenvalue weighted by atomic mass is 10.0. The van der Waals surface area contributed by atoms with Gasteiger partial charge in [-0.2, -0.15) is 0 Å². The first-order valence-electron chi connectivity index (χ1n) is 5.13. The van der Waals surface area contributed by atoms with Crippen LogP contribution in [0.3, 0.4) is 0 Å². The van der Waals surface area contributed by atoms with Crippen LogP contribution in [-0.2, 0) is 0 Å². The average molecular weight is 354 g/mol. The van der Waals surface area contributed by atoms with E-state index in [1.807, 2.05) is 0 Å². The molecule has 0 saturated carbocycles. The van der Waals surface area contributed by atoms with Crippen molar-refractivity contribution in [1.29, 1.82) is 0 Å². The van der Waals surface area contributed by atoms with Gasteiger partial charge in [-0.25, -0.2) is 17.6 Å². The summed E-state index contributed by atoms with van der Waals surface area (Å²) < 4.78 is 53.4. The molecule has 0 heterocycles. The van der Waals surface area contributed by atoms with E-state index in [1.165, 1.54) is 0 Å². The van der Waals surface area contributed by atoms with Crippen molar-refractivity contribution in [3.8, 4) is 0 Å². The third kappa shape index (κ3) is 2.92. The number of hydrogen-bond donors (Lipinski definition) is 0. The number of alkyl halides is 1. The van der Waals surface area contributed by atoms with Crippen molar-refractivity contribution in [2.45, 2.75) is 5.38 Å². The maximum atomic E-state index is 13.7. The second-order valence-electron chi connectivity index (χ2n) is 3.82. The van der Waals surface area contributed by atoms with Crippen LogP contribution in [0.15, 0.2) is 34.8 Å². The Bertz CT molecular complexity index is 630. The number of hydrogen-bond acceptors (Lipinski definition) is 0. The molecule has 0 aliphatic heterocycles. The Labute approximate surface area is 120 Å².